The zero-order chi connectivity index (χ0) is 13.7. The first-order valence-electron chi connectivity index (χ1n) is 6.99. The van der Waals surface area contributed by atoms with Crippen molar-refractivity contribution in [2.24, 2.45) is 11.7 Å². The van der Waals surface area contributed by atoms with Crippen molar-refractivity contribution >= 4 is 24.0 Å². The zero-order valence-corrected chi connectivity index (χ0v) is 12.6. The molecule has 2 rings (SSSR count). The van der Waals surface area contributed by atoms with Gasteiger partial charge in [-0.3, -0.25) is 4.79 Å². The lowest BCUT2D eigenvalue weighted by Crippen LogP contribution is -2.35. The normalized spacial score (nSPS) is 15.1. The molecule has 0 heterocycles. The number of nitrogens with one attached hydrogen (secondary N) is 1. The summed E-state index contributed by atoms with van der Waals surface area (Å²) in [5, 5.41) is 2.85. The summed E-state index contributed by atoms with van der Waals surface area (Å²) in [7, 11) is 0. The van der Waals surface area contributed by atoms with E-state index in [0.717, 1.165) is 18.8 Å². The maximum absolute atomic E-state index is 11.9. The Labute approximate surface area is 126 Å². The molecule has 0 radical (unpaired) electrons. The predicted octanol–water partition coefficient (Wildman–Crippen LogP) is 2.96. The lowest BCUT2D eigenvalue weighted by Gasteiger charge is -2.14. The topological polar surface area (TPSA) is 64.4 Å². The fraction of sp³-hybridized carbons (Fsp3) is 0.533. The van der Waals surface area contributed by atoms with E-state index in [-0.39, 0.29) is 18.3 Å². The highest BCUT2D eigenvalue weighted by molar-refractivity contribution is 5.95. The lowest BCUT2D eigenvalue weighted by molar-refractivity contribution is -0.117. The fourth-order valence-electron chi connectivity index (χ4n) is 1.86. The van der Waals surface area contributed by atoms with Gasteiger partial charge >= 0.3 is 0 Å². The van der Waals surface area contributed by atoms with Gasteiger partial charge in [0.15, 0.2) is 0 Å². The molecular weight excluding hydrogens is 276 g/mol. The molecule has 1 fully saturated rings. The number of anilines is 1. The number of rotatable bonds is 7. The van der Waals surface area contributed by atoms with Crippen LogP contribution in [0.5, 0.6) is 5.75 Å². The summed E-state index contributed by atoms with van der Waals surface area (Å²) in [6, 6.07) is 7.05. The Morgan fingerprint density at radius 1 is 1.45 bits per heavy atom. The van der Waals surface area contributed by atoms with Crippen LogP contribution >= 0.6 is 12.4 Å². The Bertz CT molecular complexity index is 436. The van der Waals surface area contributed by atoms with Gasteiger partial charge in [0.25, 0.3) is 0 Å². The zero-order valence-electron chi connectivity index (χ0n) is 11.8. The Hall–Kier alpha value is -1.26. The van der Waals surface area contributed by atoms with Crippen molar-refractivity contribution < 1.29 is 9.53 Å². The van der Waals surface area contributed by atoms with E-state index in [1.54, 1.807) is 0 Å². The molecule has 1 unspecified atom stereocenters. The second-order valence-electron chi connectivity index (χ2n) is 5.13. The monoisotopic (exact) mass is 298 g/mol. The number of nitrogens with two attached hydrogens (primary N) is 1. The molecule has 112 valence electrons. The maximum Gasteiger partial charge on any atom is 0.241 e. The van der Waals surface area contributed by atoms with Crippen LogP contribution in [-0.2, 0) is 4.79 Å². The smallest absolute Gasteiger partial charge is 0.241 e. The van der Waals surface area contributed by atoms with Crippen molar-refractivity contribution in [2.45, 2.75) is 38.6 Å². The Kier molecular flexibility index (Phi) is 6.82. The predicted molar refractivity (Wildman–Crippen MR) is 83.4 cm³/mol. The van der Waals surface area contributed by atoms with E-state index in [2.05, 4.69) is 5.32 Å². The molecule has 3 N–H and O–H groups in total. The van der Waals surface area contributed by atoms with Gasteiger partial charge in [0.2, 0.25) is 5.91 Å². The molecule has 4 nitrogen and oxygen atoms in total. The van der Waals surface area contributed by atoms with Gasteiger partial charge in [-0.15, -0.1) is 12.4 Å². The number of hydrogen-bond acceptors (Lipinski definition) is 3. The average Bonchev–Trinajstić information content (AvgIpc) is 3.22. The van der Waals surface area contributed by atoms with Crippen molar-refractivity contribution in [3.8, 4) is 5.75 Å². The van der Waals surface area contributed by atoms with E-state index in [9.17, 15) is 4.79 Å². The van der Waals surface area contributed by atoms with Gasteiger partial charge in [-0.25, -0.2) is 0 Å². The van der Waals surface area contributed by atoms with Gasteiger partial charge in [-0.2, -0.15) is 0 Å². The van der Waals surface area contributed by atoms with E-state index in [1.165, 1.54) is 12.8 Å². The van der Waals surface area contributed by atoms with Crippen LogP contribution in [0.2, 0.25) is 0 Å². The molecule has 20 heavy (non-hydrogen) atoms. The van der Waals surface area contributed by atoms with E-state index in [4.69, 9.17) is 10.5 Å². The van der Waals surface area contributed by atoms with Gasteiger partial charge in [0.1, 0.15) is 5.75 Å². The molecule has 1 aromatic carbocycles. The minimum absolute atomic E-state index is 0. The van der Waals surface area contributed by atoms with Gasteiger partial charge in [0.05, 0.1) is 18.3 Å². The molecule has 0 bridgehead atoms. The number of hydrogen-bond donors (Lipinski definition) is 2. The first-order chi connectivity index (χ1) is 9.20. The standard InChI is InChI=1S/C15H22N2O2.ClH/c1-2-5-12(16)15(18)17-13-6-3-4-7-14(13)19-10-11-8-9-11;/h3-4,6-7,11-12H,2,5,8-10,16H2,1H3,(H,17,18);1H. The molecule has 5 heteroatoms. The largest absolute Gasteiger partial charge is 0.491 e. The quantitative estimate of drug-likeness (QED) is 0.813. The van der Waals surface area contributed by atoms with Gasteiger partial charge in [-0.1, -0.05) is 25.5 Å². The van der Waals surface area contributed by atoms with Crippen LogP contribution in [0.15, 0.2) is 24.3 Å². The first-order valence-corrected chi connectivity index (χ1v) is 6.99. The molecule has 0 spiro atoms. The second kappa shape index (κ2) is 8.12. The number of benzene rings is 1. The van der Waals surface area contributed by atoms with Gasteiger partial charge < -0.3 is 15.8 Å². The number of carbonyl (C=O) groups excluding carboxylic acids is 1. The van der Waals surface area contributed by atoms with Crippen LogP contribution in [0, 0.1) is 5.92 Å². The van der Waals surface area contributed by atoms with E-state index in [0.29, 0.717) is 18.0 Å². The minimum Gasteiger partial charge on any atom is -0.491 e. The van der Waals surface area contributed by atoms with Crippen molar-refractivity contribution in [1.82, 2.24) is 0 Å². The lowest BCUT2D eigenvalue weighted by atomic mass is 10.1. The Balaban J connectivity index is 0.00000200. The summed E-state index contributed by atoms with van der Waals surface area (Å²) in [5.74, 6) is 1.27. The summed E-state index contributed by atoms with van der Waals surface area (Å²) >= 11 is 0. The third-order valence-electron chi connectivity index (χ3n) is 3.25. The minimum atomic E-state index is -0.457. The molecule has 1 aliphatic rings. The van der Waals surface area contributed by atoms with Crippen LogP contribution in [0.3, 0.4) is 0 Å². The van der Waals surface area contributed by atoms with E-state index in [1.807, 2.05) is 31.2 Å². The molecule has 0 aromatic heterocycles. The molecule has 1 aliphatic carbocycles. The summed E-state index contributed by atoms with van der Waals surface area (Å²) in [6.45, 7) is 2.74. The van der Waals surface area contributed by atoms with Crippen molar-refractivity contribution in [3.63, 3.8) is 0 Å². The van der Waals surface area contributed by atoms with E-state index >= 15 is 0 Å². The van der Waals surface area contributed by atoms with Gasteiger partial charge in [0, 0.05) is 0 Å². The first kappa shape index (κ1) is 16.8. The maximum atomic E-state index is 11.9. The third-order valence-corrected chi connectivity index (χ3v) is 3.25. The molecule has 0 aliphatic heterocycles. The summed E-state index contributed by atoms with van der Waals surface area (Å²) in [5.41, 5.74) is 6.51. The van der Waals surface area contributed by atoms with E-state index < -0.39 is 6.04 Å². The van der Waals surface area contributed by atoms with Crippen molar-refractivity contribution in [1.29, 1.82) is 0 Å². The van der Waals surface area contributed by atoms with Crippen LogP contribution < -0.4 is 15.8 Å². The highest BCUT2D eigenvalue weighted by Gasteiger charge is 2.22. The van der Waals surface area contributed by atoms with Crippen molar-refractivity contribution in [2.75, 3.05) is 11.9 Å². The summed E-state index contributed by atoms with van der Waals surface area (Å²) in [6.07, 6.45) is 4.08. The molecular formula is C15H23ClN2O2. The summed E-state index contributed by atoms with van der Waals surface area (Å²) in [4.78, 5) is 11.9. The van der Waals surface area contributed by atoms with Crippen molar-refractivity contribution in [3.05, 3.63) is 24.3 Å². The number of ether oxygens (including phenoxy) is 1. The van der Waals surface area contributed by atoms with Crippen LogP contribution in [-0.4, -0.2) is 18.6 Å². The van der Waals surface area contributed by atoms with Crippen LogP contribution in [0.4, 0.5) is 5.69 Å². The number of halogens is 1. The number of carbonyl (C=O) groups is 1. The number of para-hydroxylation sites is 2. The number of amides is 1. The fourth-order valence-corrected chi connectivity index (χ4v) is 1.86. The average molecular weight is 299 g/mol. The SMILES string of the molecule is CCCC(N)C(=O)Nc1ccccc1OCC1CC1.Cl. The molecule has 1 aromatic rings. The molecule has 1 atom stereocenters. The summed E-state index contributed by atoms with van der Waals surface area (Å²) < 4.78 is 5.75. The third kappa shape index (κ3) is 5.02. The highest BCUT2D eigenvalue weighted by Crippen LogP contribution is 2.31. The Morgan fingerprint density at radius 3 is 2.80 bits per heavy atom. The Morgan fingerprint density at radius 2 is 2.15 bits per heavy atom. The molecule has 0 saturated heterocycles. The molecule has 1 amide bonds. The highest BCUT2D eigenvalue weighted by atomic mass is 35.5. The van der Waals surface area contributed by atoms with Crippen LogP contribution in [0.25, 0.3) is 0 Å². The molecule has 1 saturated carbocycles. The second-order valence-corrected chi connectivity index (χ2v) is 5.13. The van der Waals surface area contributed by atoms with Crippen LogP contribution in [0.1, 0.15) is 32.6 Å². The van der Waals surface area contributed by atoms with Gasteiger partial charge in [-0.05, 0) is 37.3 Å².